The molecule has 0 atom stereocenters. The van der Waals surface area contributed by atoms with Gasteiger partial charge in [-0.15, -0.1) is 0 Å². The van der Waals surface area contributed by atoms with Crippen LogP contribution in [0.15, 0.2) is 59.5 Å². The fourth-order valence-corrected chi connectivity index (χ4v) is 5.13. The molecule has 5 nitrogen and oxygen atoms in total. The standard InChI is InChI=1S/C23H22ClF2NO4S/c1-4-27(32(28,29)17-9-11-22(30-2)23(14-17)31-3)21-10-8-16(24)12-15(21)13-18-19(25)6-5-7-20(18)26/h5-12,14H,4,13H2,1-3H3. The van der Waals surface area contributed by atoms with Gasteiger partial charge in [0, 0.05) is 29.6 Å². The summed E-state index contributed by atoms with van der Waals surface area (Å²) >= 11 is 6.13. The number of halogens is 3. The summed E-state index contributed by atoms with van der Waals surface area (Å²) in [4.78, 5) is -0.0185. The molecule has 0 N–H and O–H groups in total. The van der Waals surface area contributed by atoms with Crippen molar-refractivity contribution in [1.82, 2.24) is 0 Å². The van der Waals surface area contributed by atoms with Crippen LogP contribution in [-0.2, 0) is 16.4 Å². The van der Waals surface area contributed by atoms with Crippen molar-refractivity contribution in [3.05, 3.63) is 82.4 Å². The molecule has 0 heterocycles. The number of methoxy groups -OCH3 is 2. The largest absolute Gasteiger partial charge is 0.493 e. The minimum absolute atomic E-state index is 0.0185. The van der Waals surface area contributed by atoms with Crippen LogP contribution in [0.5, 0.6) is 11.5 Å². The summed E-state index contributed by atoms with van der Waals surface area (Å²) in [5, 5.41) is 0.320. The van der Waals surface area contributed by atoms with E-state index in [2.05, 4.69) is 0 Å². The number of hydrogen-bond donors (Lipinski definition) is 0. The van der Waals surface area contributed by atoms with Gasteiger partial charge in [-0.1, -0.05) is 17.7 Å². The van der Waals surface area contributed by atoms with Crippen LogP contribution in [0.2, 0.25) is 5.02 Å². The lowest BCUT2D eigenvalue weighted by molar-refractivity contribution is 0.354. The van der Waals surface area contributed by atoms with E-state index in [-0.39, 0.29) is 34.9 Å². The molecule has 32 heavy (non-hydrogen) atoms. The Morgan fingerprint density at radius 2 is 1.59 bits per heavy atom. The molecule has 0 saturated carbocycles. The zero-order valence-corrected chi connectivity index (χ0v) is 19.3. The molecule has 0 fully saturated rings. The molecule has 0 spiro atoms. The number of hydrogen-bond acceptors (Lipinski definition) is 4. The molecule has 0 aliphatic carbocycles. The van der Waals surface area contributed by atoms with E-state index in [1.54, 1.807) is 6.92 Å². The third-order valence-corrected chi connectivity index (χ3v) is 7.09. The molecule has 0 aliphatic heterocycles. The third-order valence-electron chi connectivity index (χ3n) is 4.97. The Bertz CT molecular complexity index is 1210. The van der Waals surface area contributed by atoms with Gasteiger partial charge in [0.25, 0.3) is 10.0 Å². The molecule has 0 unspecified atom stereocenters. The Labute approximate surface area is 191 Å². The lowest BCUT2D eigenvalue weighted by Crippen LogP contribution is -2.31. The topological polar surface area (TPSA) is 55.8 Å². The summed E-state index contributed by atoms with van der Waals surface area (Å²) in [5.74, 6) is -0.797. The monoisotopic (exact) mass is 481 g/mol. The van der Waals surface area contributed by atoms with Gasteiger partial charge in [0.15, 0.2) is 11.5 Å². The molecule has 0 bridgehead atoms. The molecule has 170 valence electrons. The van der Waals surface area contributed by atoms with Gasteiger partial charge in [0.2, 0.25) is 0 Å². The number of nitrogens with zero attached hydrogens (tertiary/aromatic N) is 1. The van der Waals surface area contributed by atoms with Crippen LogP contribution in [-0.4, -0.2) is 29.2 Å². The van der Waals surface area contributed by atoms with E-state index in [4.69, 9.17) is 21.1 Å². The molecule has 9 heteroatoms. The maximum atomic E-state index is 14.3. The SMILES string of the molecule is CCN(c1ccc(Cl)cc1Cc1c(F)cccc1F)S(=O)(=O)c1ccc(OC)c(OC)c1. The van der Waals surface area contributed by atoms with Crippen molar-refractivity contribution in [1.29, 1.82) is 0 Å². The Hall–Kier alpha value is -2.84. The second-order valence-corrected chi connectivity index (χ2v) is 9.14. The van der Waals surface area contributed by atoms with Crippen LogP contribution >= 0.6 is 11.6 Å². The van der Waals surface area contributed by atoms with Crippen molar-refractivity contribution in [3.63, 3.8) is 0 Å². The lowest BCUT2D eigenvalue weighted by Gasteiger charge is -2.26. The fraction of sp³-hybridized carbons (Fsp3) is 0.217. The van der Waals surface area contributed by atoms with E-state index in [0.29, 0.717) is 16.3 Å². The van der Waals surface area contributed by atoms with Crippen LogP contribution in [0.1, 0.15) is 18.1 Å². The Morgan fingerprint density at radius 1 is 0.938 bits per heavy atom. The molecule has 3 aromatic carbocycles. The second kappa shape index (κ2) is 9.75. The van der Waals surface area contributed by atoms with E-state index in [0.717, 1.165) is 12.1 Å². The average Bonchev–Trinajstić information content (AvgIpc) is 2.77. The van der Waals surface area contributed by atoms with Crippen molar-refractivity contribution in [2.75, 3.05) is 25.1 Å². The van der Waals surface area contributed by atoms with Crippen LogP contribution in [0.25, 0.3) is 0 Å². The maximum Gasteiger partial charge on any atom is 0.264 e. The number of ether oxygens (including phenoxy) is 2. The van der Waals surface area contributed by atoms with E-state index in [1.807, 2.05) is 0 Å². The van der Waals surface area contributed by atoms with Gasteiger partial charge in [-0.2, -0.15) is 0 Å². The Kier molecular flexibility index (Phi) is 7.26. The normalized spacial score (nSPS) is 11.3. The van der Waals surface area contributed by atoms with Gasteiger partial charge in [0.1, 0.15) is 11.6 Å². The predicted molar refractivity (Wildman–Crippen MR) is 120 cm³/mol. The van der Waals surface area contributed by atoms with Crippen molar-refractivity contribution >= 4 is 27.3 Å². The quantitative estimate of drug-likeness (QED) is 0.430. The molecule has 0 saturated heterocycles. The van der Waals surface area contributed by atoms with E-state index in [9.17, 15) is 17.2 Å². The minimum atomic E-state index is -4.04. The molecule has 0 radical (unpaired) electrons. The zero-order chi connectivity index (χ0) is 23.5. The van der Waals surface area contributed by atoms with E-state index in [1.165, 1.54) is 61.0 Å². The van der Waals surface area contributed by atoms with E-state index >= 15 is 0 Å². The smallest absolute Gasteiger partial charge is 0.264 e. The van der Waals surface area contributed by atoms with Crippen molar-refractivity contribution in [2.24, 2.45) is 0 Å². The summed E-state index contributed by atoms with van der Waals surface area (Å²) in [6, 6.07) is 12.4. The number of benzene rings is 3. The highest BCUT2D eigenvalue weighted by atomic mass is 35.5. The fourth-order valence-electron chi connectivity index (χ4n) is 3.40. The molecular weight excluding hydrogens is 460 g/mol. The number of rotatable bonds is 8. The summed E-state index contributed by atoms with van der Waals surface area (Å²) in [6.45, 7) is 1.74. The molecule has 0 aliphatic rings. The first-order valence-electron chi connectivity index (χ1n) is 9.69. The number of sulfonamides is 1. The third kappa shape index (κ3) is 4.66. The molecular formula is C23H22ClF2NO4S. The van der Waals surface area contributed by atoms with Crippen molar-refractivity contribution < 1.29 is 26.7 Å². The van der Waals surface area contributed by atoms with Crippen LogP contribution < -0.4 is 13.8 Å². The van der Waals surface area contributed by atoms with Crippen LogP contribution in [0, 0.1) is 11.6 Å². The van der Waals surface area contributed by atoms with Gasteiger partial charge >= 0.3 is 0 Å². The lowest BCUT2D eigenvalue weighted by atomic mass is 10.0. The van der Waals surface area contributed by atoms with Gasteiger partial charge in [-0.25, -0.2) is 17.2 Å². The highest BCUT2D eigenvalue weighted by molar-refractivity contribution is 7.92. The highest BCUT2D eigenvalue weighted by Crippen LogP contribution is 2.35. The summed E-state index contributed by atoms with van der Waals surface area (Å²) in [5.41, 5.74) is 0.470. The maximum absolute atomic E-state index is 14.3. The van der Waals surface area contributed by atoms with E-state index < -0.39 is 21.7 Å². The van der Waals surface area contributed by atoms with Crippen molar-refractivity contribution in [2.45, 2.75) is 18.2 Å². The average molecular weight is 482 g/mol. The Balaban J connectivity index is 2.11. The molecule has 3 rings (SSSR count). The van der Waals surface area contributed by atoms with Gasteiger partial charge in [-0.05, 0) is 55.0 Å². The number of anilines is 1. The summed E-state index contributed by atoms with van der Waals surface area (Å²) in [6.07, 6.45) is -0.174. The molecule has 0 amide bonds. The molecule has 0 aromatic heterocycles. The Morgan fingerprint density at radius 3 is 2.19 bits per heavy atom. The zero-order valence-electron chi connectivity index (χ0n) is 17.7. The summed E-state index contributed by atoms with van der Waals surface area (Å²) < 4.78 is 67.1. The van der Waals surface area contributed by atoms with Gasteiger partial charge < -0.3 is 9.47 Å². The van der Waals surface area contributed by atoms with Crippen LogP contribution in [0.3, 0.4) is 0 Å². The predicted octanol–water partition coefficient (Wildman–Crippen LogP) is 5.44. The highest BCUT2D eigenvalue weighted by Gasteiger charge is 2.27. The summed E-state index contributed by atoms with van der Waals surface area (Å²) in [7, 11) is -1.18. The van der Waals surface area contributed by atoms with Crippen molar-refractivity contribution in [3.8, 4) is 11.5 Å². The first kappa shape index (κ1) is 23.8. The second-order valence-electron chi connectivity index (χ2n) is 6.84. The first-order chi connectivity index (χ1) is 15.2. The minimum Gasteiger partial charge on any atom is -0.493 e. The van der Waals surface area contributed by atoms with Crippen LogP contribution in [0.4, 0.5) is 14.5 Å². The molecule has 3 aromatic rings. The first-order valence-corrected chi connectivity index (χ1v) is 11.5. The van der Waals surface area contributed by atoms with Gasteiger partial charge in [0.05, 0.1) is 24.8 Å². The van der Waals surface area contributed by atoms with Gasteiger partial charge in [-0.3, -0.25) is 4.31 Å².